The molecule has 0 spiro atoms. The van der Waals surface area contributed by atoms with Gasteiger partial charge in [-0.3, -0.25) is 9.97 Å². The van der Waals surface area contributed by atoms with E-state index in [9.17, 15) is 5.11 Å². The molecule has 6 nitrogen and oxygen atoms in total. The maximum absolute atomic E-state index is 9.26. The highest BCUT2D eigenvalue weighted by Crippen LogP contribution is 2.06. The average molecular weight is 205 g/mol. The molecular weight excluding hydrogens is 194 g/mol. The maximum atomic E-state index is 9.26. The highest BCUT2D eigenvalue weighted by atomic mass is 16.3. The topological polar surface area (TPSA) is 76.7 Å². The third-order valence-corrected chi connectivity index (χ3v) is 1.93. The smallest absolute Gasteiger partial charge is 0.111 e. The van der Waals surface area contributed by atoms with Crippen molar-refractivity contribution < 1.29 is 5.11 Å². The Kier molecular flexibility index (Phi) is 2.68. The molecule has 1 unspecified atom stereocenters. The minimum atomic E-state index is -0.597. The lowest BCUT2D eigenvalue weighted by Gasteiger charge is -1.98. The van der Waals surface area contributed by atoms with Gasteiger partial charge in [0.2, 0.25) is 0 Å². The molecule has 2 rings (SSSR count). The van der Waals surface area contributed by atoms with Gasteiger partial charge in [-0.1, -0.05) is 5.21 Å². The number of hydrogen-bond donors (Lipinski definition) is 1. The fourth-order valence-corrected chi connectivity index (χ4v) is 1.16. The van der Waals surface area contributed by atoms with Crippen molar-refractivity contribution in [3.8, 4) is 0 Å². The van der Waals surface area contributed by atoms with E-state index in [1.807, 2.05) is 0 Å². The molecule has 0 radical (unpaired) electrons. The third-order valence-electron chi connectivity index (χ3n) is 1.93. The van der Waals surface area contributed by atoms with E-state index in [1.165, 1.54) is 0 Å². The van der Waals surface area contributed by atoms with Crippen LogP contribution >= 0.6 is 0 Å². The molecule has 0 aliphatic carbocycles. The maximum Gasteiger partial charge on any atom is 0.111 e. The highest BCUT2D eigenvalue weighted by Gasteiger charge is 2.06. The third kappa shape index (κ3) is 2.35. The van der Waals surface area contributed by atoms with Gasteiger partial charge >= 0.3 is 0 Å². The van der Waals surface area contributed by atoms with E-state index in [0.29, 0.717) is 12.2 Å². The molecule has 2 aromatic rings. The fraction of sp³-hybridized carbons (Fsp3) is 0.333. The van der Waals surface area contributed by atoms with Crippen molar-refractivity contribution in [2.24, 2.45) is 0 Å². The molecule has 0 aromatic carbocycles. The number of hydrogen-bond acceptors (Lipinski definition) is 5. The Labute approximate surface area is 86.6 Å². The van der Waals surface area contributed by atoms with Crippen LogP contribution in [-0.4, -0.2) is 30.1 Å². The summed E-state index contributed by atoms with van der Waals surface area (Å²) in [4.78, 5) is 8.06. The monoisotopic (exact) mass is 205 g/mol. The molecule has 1 atom stereocenters. The Hall–Kier alpha value is -1.82. The SMILES string of the molecule is CC(O)c1cn(Cc2cnccn2)nn1. The summed E-state index contributed by atoms with van der Waals surface area (Å²) in [7, 11) is 0. The van der Waals surface area contributed by atoms with E-state index >= 15 is 0 Å². The van der Waals surface area contributed by atoms with Crippen LogP contribution in [0.3, 0.4) is 0 Å². The van der Waals surface area contributed by atoms with Crippen molar-refractivity contribution in [3.05, 3.63) is 36.2 Å². The fourth-order valence-electron chi connectivity index (χ4n) is 1.16. The average Bonchev–Trinajstić information content (AvgIpc) is 2.68. The van der Waals surface area contributed by atoms with Gasteiger partial charge in [0.05, 0.1) is 30.7 Å². The van der Waals surface area contributed by atoms with Crippen molar-refractivity contribution in [3.63, 3.8) is 0 Å². The molecule has 2 aromatic heterocycles. The summed E-state index contributed by atoms with van der Waals surface area (Å²) < 4.78 is 1.62. The van der Waals surface area contributed by atoms with E-state index in [4.69, 9.17) is 0 Å². The zero-order valence-electron chi connectivity index (χ0n) is 8.28. The number of aliphatic hydroxyl groups is 1. The zero-order chi connectivity index (χ0) is 10.7. The van der Waals surface area contributed by atoms with Gasteiger partial charge in [0.1, 0.15) is 5.69 Å². The first-order valence-electron chi connectivity index (χ1n) is 4.58. The van der Waals surface area contributed by atoms with Crippen LogP contribution in [0.2, 0.25) is 0 Å². The summed E-state index contributed by atoms with van der Waals surface area (Å²) in [6, 6.07) is 0. The standard InChI is InChI=1S/C9H11N5O/c1-7(15)9-6-14(13-12-9)5-8-4-10-2-3-11-8/h2-4,6-7,15H,5H2,1H3. The molecule has 0 amide bonds. The lowest BCUT2D eigenvalue weighted by Crippen LogP contribution is -2.02. The quantitative estimate of drug-likeness (QED) is 0.772. The summed E-state index contributed by atoms with van der Waals surface area (Å²) in [5.41, 5.74) is 1.36. The van der Waals surface area contributed by atoms with Gasteiger partial charge in [0.15, 0.2) is 0 Å². The van der Waals surface area contributed by atoms with Crippen LogP contribution in [0.25, 0.3) is 0 Å². The number of aliphatic hydroxyl groups excluding tert-OH is 1. The van der Waals surface area contributed by atoms with Gasteiger partial charge in [-0.15, -0.1) is 5.10 Å². The van der Waals surface area contributed by atoms with Crippen LogP contribution in [0.4, 0.5) is 0 Å². The zero-order valence-corrected chi connectivity index (χ0v) is 8.28. The van der Waals surface area contributed by atoms with Crippen molar-refractivity contribution in [2.45, 2.75) is 19.6 Å². The molecule has 6 heteroatoms. The Bertz CT molecular complexity index is 425. The summed E-state index contributed by atoms with van der Waals surface area (Å²) in [6.07, 6.45) is 6.01. The van der Waals surface area contributed by atoms with Crippen LogP contribution in [0.5, 0.6) is 0 Å². The van der Waals surface area contributed by atoms with Crippen LogP contribution in [0.1, 0.15) is 24.4 Å². The molecule has 78 valence electrons. The molecule has 0 saturated heterocycles. The van der Waals surface area contributed by atoms with E-state index in [1.54, 1.807) is 36.4 Å². The summed E-state index contributed by atoms with van der Waals surface area (Å²) in [5.74, 6) is 0. The Morgan fingerprint density at radius 3 is 2.93 bits per heavy atom. The summed E-state index contributed by atoms with van der Waals surface area (Å²) in [5, 5.41) is 17.0. The lowest BCUT2D eigenvalue weighted by molar-refractivity contribution is 0.194. The first-order chi connectivity index (χ1) is 7.25. The Morgan fingerprint density at radius 1 is 1.47 bits per heavy atom. The minimum Gasteiger partial charge on any atom is -0.387 e. The molecule has 0 bridgehead atoms. The highest BCUT2D eigenvalue weighted by molar-refractivity contribution is 4.99. The second kappa shape index (κ2) is 4.14. The second-order valence-electron chi connectivity index (χ2n) is 3.21. The molecule has 0 aliphatic heterocycles. The van der Waals surface area contributed by atoms with Crippen LogP contribution in [0.15, 0.2) is 24.8 Å². The number of nitrogens with zero attached hydrogens (tertiary/aromatic N) is 5. The second-order valence-corrected chi connectivity index (χ2v) is 3.21. The molecular formula is C9H11N5O. The van der Waals surface area contributed by atoms with Crippen LogP contribution in [0, 0.1) is 0 Å². The Balaban J connectivity index is 2.12. The number of aromatic nitrogens is 5. The van der Waals surface area contributed by atoms with Crippen LogP contribution in [-0.2, 0) is 6.54 Å². The normalized spacial score (nSPS) is 12.7. The number of rotatable bonds is 3. The van der Waals surface area contributed by atoms with Gasteiger partial charge in [0, 0.05) is 12.4 Å². The molecule has 0 saturated carbocycles. The molecule has 0 aliphatic rings. The van der Waals surface area contributed by atoms with E-state index in [-0.39, 0.29) is 0 Å². The van der Waals surface area contributed by atoms with Crippen molar-refractivity contribution in [1.82, 2.24) is 25.0 Å². The lowest BCUT2D eigenvalue weighted by atomic mass is 10.3. The van der Waals surface area contributed by atoms with Crippen molar-refractivity contribution in [1.29, 1.82) is 0 Å². The first kappa shape index (κ1) is 9.72. The first-order valence-corrected chi connectivity index (χ1v) is 4.58. The summed E-state index contributed by atoms with van der Waals surface area (Å²) in [6.45, 7) is 2.16. The minimum absolute atomic E-state index is 0.508. The Morgan fingerprint density at radius 2 is 2.33 bits per heavy atom. The van der Waals surface area contributed by atoms with Gasteiger partial charge in [-0.25, -0.2) is 4.68 Å². The molecule has 1 N–H and O–H groups in total. The van der Waals surface area contributed by atoms with Gasteiger partial charge in [-0.2, -0.15) is 0 Å². The van der Waals surface area contributed by atoms with E-state index < -0.39 is 6.10 Å². The molecule has 0 fully saturated rings. The van der Waals surface area contributed by atoms with Gasteiger partial charge < -0.3 is 5.11 Å². The van der Waals surface area contributed by atoms with Crippen molar-refractivity contribution in [2.75, 3.05) is 0 Å². The van der Waals surface area contributed by atoms with E-state index in [2.05, 4.69) is 20.3 Å². The van der Waals surface area contributed by atoms with Crippen LogP contribution < -0.4 is 0 Å². The van der Waals surface area contributed by atoms with E-state index in [0.717, 1.165) is 5.69 Å². The molecule has 2 heterocycles. The largest absolute Gasteiger partial charge is 0.387 e. The predicted molar refractivity (Wildman–Crippen MR) is 51.8 cm³/mol. The van der Waals surface area contributed by atoms with Gasteiger partial charge in [-0.05, 0) is 6.92 Å². The summed E-state index contributed by atoms with van der Waals surface area (Å²) >= 11 is 0. The predicted octanol–water partition coefficient (Wildman–Crippen LogP) is 0.170. The van der Waals surface area contributed by atoms with Gasteiger partial charge in [0.25, 0.3) is 0 Å². The van der Waals surface area contributed by atoms with Crippen molar-refractivity contribution >= 4 is 0 Å². The molecule has 15 heavy (non-hydrogen) atoms.